The van der Waals surface area contributed by atoms with E-state index in [4.69, 9.17) is 8.94 Å². The Bertz CT molecular complexity index is 1080. The van der Waals surface area contributed by atoms with Gasteiger partial charge in [0, 0.05) is 11.1 Å². The van der Waals surface area contributed by atoms with Gasteiger partial charge in [-0.1, -0.05) is 80.2 Å². The fraction of sp³-hybridized carbons (Fsp3) is 0.273. The molecule has 0 aliphatic heterocycles. The minimum atomic E-state index is -0.114. The Kier molecular flexibility index (Phi) is 5.24. The van der Waals surface area contributed by atoms with Gasteiger partial charge in [0.25, 0.3) is 5.22 Å². The maximum atomic E-state index is 5.83. The molecule has 6 nitrogen and oxygen atoms in total. The lowest BCUT2D eigenvalue weighted by Gasteiger charge is -2.18. The summed E-state index contributed by atoms with van der Waals surface area (Å²) in [5.41, 5.74) is 3.18. The second-order valence-corrected chi connectivity index (χ2v) is 9.07. The van der Waals surface area contributed by atoms with Crippen molar-refractivity contribution >= 4 is 11.8 Å². The van der Waals surface area contributed by atoms with E-state index in [1.807, 2.05) is 49.4 Å². The van der Waals surface area contributed by atoms with Crippen LogP contribution in [0.1, 0.15) is 44.4 Å². The van der Waals surface area contributed by atoms with Gasteiger partial charge >= 0.3 is 0 Å². The first-order valence-corrected chi connectivity index (χ1v) is 10.3. The van der Waals surface area contributed by atoms with Crippen LogP contribution in [0, 0.1) is 0 Å². The maximum absolute atomic E-state index is 5.83. The number of aromatic nitrogens is 4. The number of nitrogens with zero attached hydrogens (tertiary/aromatic N) is 4. The van der Waals surface area contributed by atoms with E-state index in [0.29, 0.717) is 22.8 Å². The second-order valence-electron chi connectivity index (χ2n) is 7.78. The lowest BCUT2D eigenvalue weighted by Crippen LogP contribution is -2.10. The molecule has 2 aromatic heterocycles. The Hall–Kier alpha value is -2.93. The van der Waals surface area contributed by atoms with E-state index in [2.05, 4.69) is 53.2 Å². The van der Waals surface area contributed by atoms with E-state index in [1.165, 1.54) is 17.3 Å². The van der Waals surface area contributed by atoms with Crippen molar-refractivity contribution in [2.45, 2.75) is 43.6 Å². The van der Waals surface area contributed by atoms with E-state index < -0.39 is 0 Å². The molecule has 148 valence electrons. The molecule has 0 aliphatic rings. The Morgan fingerprint density at radius 2 is 1.62 bits per heavy atom. The highest BCUT2D eigenvalue weighted by Crippen LogP contribution is 2.35. The molecule has 0 amide bonds. The standard InChI is InChI=1S/C22H22N4O2S/c1-14(19-23-18(26-28-19)15-8-6-5-7-9-15)29-21-25-24-20(27-21)16-10-12-17(13-11-16)22(2,3)4/h5-14H,1-4H3/t14-/m0/s1. The molecule has 0 saturated carbocycles. The summed E-state index contributed by atoms with van der Waals surface area (Å²) in [4.78, 5) is 4.49. The summed E-state index contributed by atoms with van der Waals surface area (Å²) < 4.78 is 11.2. The third-order valence-corrected chi connectivity index (χ3v) is 5.43. The minimum absolute atomic E-state index is 0.104. The summed E-state index contributed by atoms with van der Waals surface area (Å²) in [7, 11) is 0. The smallest absolute Gasteiger partial charge is 0.277 e. The molecule has 0 N–H and O–H groups in total. The number of hydrogen-bond acceptors (Lipinski definition) is 7. The van der Waals surface area contributed by atoms with Gasteiger partial charge in [-0.05, 0) is 30.0 Å². The van der Waals surface area contributed by atoms with Crippen LogP contribution in [-0.2, 0) is 5.41 Å². The topological polar surface area (TPSA) is 77.8 Å². The third-order valence-electron chi connectivity index (χ3n) is 4.50. The van der Waals surface area contributed by atoms with Gasteiger partial charge in [-0.2, -0.15) is 4.98 Å². The second kappa shape index (κ2) is 7.83. The highest BCUT2D eigenvalue weighted by atomic mass is 32.2. The van der Waals surface area contributed by atoms with Crippen LogP contribution < -0.4 is 0 Å². The zero-order valence-electron chi connectivity index (χ0n) is 16.8. The number of hydrogen-bond donors (Lipinski definition) is 0. The van der Waals surface area contributed by atoms with Crippen molar-refractivity contribution in [3.8, 4) is 22.8 Å². The summed E-state index contributed by atoms with van der Waals surface area (Å²) in [6.45, 7) is 8.53. The summed E-state index contributed by atoms with van der Waals surface area (Å²) in [6, 6.07) is 17.9. The van der Waals surface area contributed by atoms with Crippen molar-refractivity contribution in [1.82, 2.24) is 20.3 Å². The predicted octanol–water partition coefficient (Wildman–Crippen LogP) is 5.94. The van der Waals surface area contributed by atoms with Crippen LogP contribution >= 0.6 is 11.8 Å². The Morgan fingerprint density at radius 3 is 2.31 bits per heavy atom. The molecule has 2 heterocycles. The van der Waals surface area contributed by atoms with Gasteiger partial charge in [0.1, 0.15) is 0 Å². The largest absolute Gasteiger partial charge is 0.411 e. The van der Waals surface area contributed by atoms with E-state index in [0.717, 1.165) is 11.1 Å². The van der Waals surface area contributed by atoms with Crippen LogP contribution in [0.15, 0.2) is 68.8 Å². The molecule has 7 heteroatoms. The van der Waals surface area contributed by atoms with Crippen LogP contribution in [0.5, 0.6) is 0 Å². The molecule has 0 fully saturated rings. The van der Waals surface area contributed by atoms with E-state index >= 15 is 0 Å². The van der Waals surface area contributed by atoms with Gasteiger partial charge in [-0.15, -0.1) is 10.2 Å². The van der Waals surface area contributed by atoms with Crippen LogP contribution in [0.4, 0.5) is 0 Å². The van der Waals surface area contributed by atoms with Crippen LogP contribution in [0.25, 0.3) is 22.8 Å². The summed E-state index contributed by atoms with van der Waals surface area (Å²) in [5, 5.41) is 12.7. The van der Waals surface area contributed by atoms with Crippen LogP contribution in [0.3, 0.4) is 0 Å². The van der Waals surface area contributed by atoms with Gasteiger partial charge < -0.3 is 8.94 Å². The lowest BCUT2D eigenvalue weighted by molar-refractivity contribution is 0.379. The van der Waals surface area contributed by atoms with Gasteiger partial charge in [0.05, 0.1) is 5.25 Å². The molecule has 1 atom stereocenters. The van der Waals surface area contributed by atoms with Crippen molar-refractivity contribution in [2.75, 3.05) is 0 Å². The summed E-state index contributed by atoms with van der Waals surface area (Å²) in [5.74, 6) is 1.58. The lowest BCUT2D eigenvalue weighted by atomic mass is 9.87. The number of benzene rings is 2. The Morgan fingerprint density at radius 1 is 0.897 bits per heavy atom. The average Bonchev–Trinajstić information content (AvgIpc) is 3.38. The molecule has 4 aromatic rings. The Balaban J connectivity index is 1.46. The third kappa shape index (κ3) is 4.40. The summed E-state index contributed by atoms with van der Waals surface area (Å²) in [6.07, 6.45) is 0. The maximum Gasteiger partial charge on any atom is 0.277 e. The number of thioether (sulfide) groups is 1. The first kappa shape index (κ1) is 19.4. The Labute approximate surface area is 173 Å². The van der Waals surface area contributed by atoms with Crippen LogP contribution in [0.2, 0.25) is 0 Å². The minimum Gasteiger partial charge on any atom is -0.411 e. The highest BCUT2D eigenvalue weighted by Gasteiger charge is 2.20. The first-order valence-electron chi connectivity index (χ1n) is 9.40. The molecule has 2 aromatic carbocycles. The molecule has 0 radical (unpaired) electrons. The zero-order valence-corrected chi connectivity index (χ0v) is 17.6. The van der Waals surface area contributed by atoms with E-state index in [9.17, 15) is 0 Å². The van der Waals surface area contributed by atoms with Crippen LogP contribution in [-0.4, -0.2) is 20.3 Å². The SMILES string of the molecule is C[C@H](Sc1nnc(-c2ccc(C(C)(C)C)cc2)o1)c1nc(-c2ccccc2)no1. The average molecular weight is 407 g/mol. The van der Waals surface area contributed by atoms with Crippen molar-refractivity contribution < 1.29 is 8.94 Å². The monoisotopic (exact) mass is 406 g/mol. The molecular weight excluding hydrogens is 384 g/mol. The van der Waals surface area contributed by atoms with Crippen molar-refractivity contribution in [1.29, 1.82) is 0 Å². The molecule has 0 bridgehead atoms. The van der Waals surface area contributed by atoms with Gasteiger partial charge in [-0.25, -0.2) is 0 Å². The van der Waals surface area contributed by atoms with E-state index in [-0.39, 0.29) is 10.7 Å². The van der Waals surface area contributed by atoms with E-state index in [1.54, 1.807) is 0 Å². The fourth-order valence-electron chi connectivity index (χ4n) is 2.79. The fourth-order valence-corrected chi connectivity index (χ4v) is 3.51. The number of rotatable bonds is 5. The van der Waals surface area contributed by atoms with Gasteiger partial charge in [0.2, 0.25) is 17.6 Å². The van der Waals surface area contributed by atoms with Gasteiger partial charge in [-0.3, -0.25) is 0 Å². The van der Waals surface area contributed by atoms with Crippen molar-refractivity contribution in [3.63, 3.8) is 0 Å². The quantitative estimate of drug-likeness (QED) is 0.380. The summed E-state index contributed by atoms with van der Waals surface area (Å²) >= 11 is 1.39. The normalized spacial score (nSPS) is 12.8. The predicted molar refractivity (Wildman–Crippen MR) is 112 cm³/mol. The molecule has 0 spiro atoms. The van der Waals surface area contributed by atoms with Crippen molar-refractivity contribution in [3.05, 3.63) is 66.1 Å². The van der Waals surface area contributed by atoms with Crippen molar-refractivity contribution in [2.24, 2.45) is 0 Å². The zero-order chi connectivity index (χ0) is 20.4. The molecule has 4 rings (SSSR count). The van der Waals surface area contributed by atoms with Gasteiger partial charge in [0.15, 0.2) is 0 Å². The first-order chi connectivity index (χ1) is 13.9. The molecular formula is C22H22N4O2S. The highest BCUT2D eigenvalue weighted by molar-refractivity contribution is 7.99. The molecule has 0 unspecified atom stereocenters. The molecule has 0 aliphatic carbocycles. The molecule has 0 saturated heterocycles. The molecule has 29 heavy (non-hydrogen) atoms.